The van der Waals surface area contributed by atoms with Gasteiger partial charge in [0.05, 0.1) is 31.2 Å². The summed E-state index contributed by atoms with van der Waals surface area (Å²) >= 11 is 0. The van der Waals surface area contributed by atoms with Crippen molar-refractivity contribution in [3.63, 3.8) is 0 Å². The number of phenols is 1. The average molecular weight is 536 g/mol. The SMILES string of the molecule is CCC/C(=C\c1ccc(O)c2ccccc12)CC[C@@H](O)C1=C(COC)C[C@H]2C(=O)N(CCC)C(=O)[C@H]2[C@H]1CO. The first-order valence-corrected chi connectivity index (χ1v) is 14.1. The van der Waals surface area contributed by atoms with Crippen molar-refractivity contribution < 1.29 is 29.6 Å². The van der Waals surface area contributed by atoms with Gasteiger partial charge in [-0.1, -0.05) is 62.2 Å². The number of ether oxygens (including phenoxy) is 1. The van der Waals surface area contributed by atoms with Gasteiger partial charge >= 0.3 is 0 Å². The van der Waals surface area contributed by atoms with Crippen LogP contribution in [-0.2, 0) is 14.3 Å². The highest BCUT2D eigenvalue weighted by Gasteiger charge is 2.54. The zero-order chi connectivity index (χ0) is 28.1. The first-order chi connectivity index (χ1) is 18.9. The number of aromatic hydroxyl groups is 1. The van der Waals surface area contributed by atoms with E-state index in [0.29, 0.717) is 37.8 Å². The van der Waals surface area contributed by atoms with E-state index in [4.69, 9.17) is 4.74 Å². The van der Waals surface area contributed by atoms with Gasteiger partial charge in [0, 0.05) is 25.0 Å². The molecular weight excluding hydrogens is 494 g/mol. The maximum Gasteiger partial charge on any atom is 0.233 e. The quantitative estimate of drug-likeness (QED) is 0.265. The molecule has 0 saturated carbocycles. The lowest BCUT2D eigenvalue weighted by atomic mass is 9.68. The zero-order valence-electron chi connectivity index (χ0n) is 23.2. The number of phenolic OH excluding ortho intramolecular Hbond substituents is 1. The lowest BCUT2D eigenvalue weighted by molar-refractivity contribution is -0.140. The van der Waals surface area contributed by atoms with Crippen LogP contribution in [-0.4, -0.2) is 65.0 Å². The summed E-state index contributed by atoms with van der Waals surface area (Å²) in [5, 5.41) is 34.0. The number of amides is 2. The Bertz CT molecular complexity index is 1260. The highest BCUT2D eigenvalue weighted by molar-refractivity contribution is 6.06. The van der Waals surface area contributed by atoms with Gasteiger partial charge in [-0.05, 0) is 60.3 Å². The van der Waals surface area contributed by atoms with Crippen molar-refractivity contribution in [2.45, 2.75) is 58.5 Å². The smallest absolute Gasteiger partial charge is 0.233 e. The van der Waals surface area contributed by atoms with Gasteiger partial charge in [0.15, 0.2) is 0 Å². The Labute approximate surface area is 230 Å². The van der Waals surface area contributed by atoms with E-state index in [-0.39, 0.29) is 30.8 Å². The predicted molar refractivity (Wildman–Crippen MR) is 152 cm³/mol. The standard InChI is InChI=1S/C32H41NO6/c1-4-8-20(16-21-12-14-27(35)24-10-7-6-9-23(21)24)11-13-28(36)29-22(19-39-3)17-25-30(26(29)18-34)32(38)33(15-5-2)31(25)37/h6-7,9-10,12,14,16,25-26,28,30,34-36H,4-5,8,11,13,15,17-19H2,1-3H3/b20-16+/t25-,26+,28-,30-/m1/s1. The van der Waals surface area contributed by atoms with Crippen LogP contribution in [0.5, 0.6) is 5.75 Å². The molecular formula is C32H41NO6. The summed E-state index contributed by atoms with van der Waals surface area (Å²) in [4.78, 5) is 27.7. The van der Waals surface area contributed by atoms with Crippen LogP contribution in [0.4, 0.5) is 0 Å². The maximum atomic E-state index is 13.3. The molecule has 2 aliphatic rings. The highest BCUT2D eigenvalue weighted by atomic mass is 16.5. The first kappa shape index (κ1) is 29.0. The van der Waals surface area contributed by atoms with E-state index in [0.717, 1.165) is 34.8 Å². The predicted octanol–water partition coefficient (Wildman–Crippen LogP) is 4.84. The number of hydrogen-bond acceptors (Lipinski definition) is 6. The molecule has 0 radical (unpaired) electrons. The summed E-state index contributed by atoms with van der Waals surface area (Å²) in [7, 11) is 1.58. The number of hydrogen-bond donors (Lipinski definition) is 3. The van der Waals surface area contributed by atoms with Crippen LogP contribution in [0.3, 0.4) is 0 Å². The van der Waals surface area contributed by atoms with E-state index in [1.807, 2.05) is 37.3 Å². The van der Waals surface area contributed by atoms with E-state index in [1.165, 1.54) is 10.5 Å². The maximum absolute atomic E-state index is 13.3. The monoisotopic (exact) mass is 535 g/mol. The van der Waals surface area contributed by atoms with Crippen LogP contribution < -0.4 is 0 Å². The summed E-state index contributed by atoms with van der Waals surface area (Å²) < 4.78 is 5.44. The molecule has 2 aromatic carbocycles. The number of benzene rings is 2. The zero-order valence-corrected chi connectivity index (χ0v) is 23.2. The molecule has 1 heterocycles. The molecule has 0 aromatic heterocycles. The second-order valence-electron chi connectivity index (χ2n) is 10.8. The molecule has 39 heavy (non-hydrogen) atoms. The van der Waals surface area contributed by atoms with Gasteiger partial charge in [-0.3, -0.25) is 14.5 Å². The van der Waals surface area contributed by atoms with E-state index in [9.17, 15) is 24.9 Å². The van der Waals surface area contributed by atoms with Crippen molar-refractivity contribution in [1.82, 2.24) is 4.90 Å². The van der Waals surface area contributed by atoms with Crippen molar-refractivity contribution >= 4 is 28.7 Å². The summed E-state index contributed by atoms with van der Waals surface area (Å²) in [5.41, 5.74) is 3.67. The van der Waals surface area contributed by atoms with Crippen LogP contribution in [0.25, 0.3) is 16.8 Å². The Morgan fingerprint density at radius 3 is 2.49 bits per heavy atom. The number of likely N-dealkylation sites (tertiary alicyclic amines) is 1. The fourth-order valence-electron chi connectivity index (χ4n) is 6.50. The number of carbonyl (C=O) groups is 2. The van der Waals surface area contributed by atoms with Crippen LogP contribution in [0.2, 0.25) is 0 Å². The third-order valence-corrected chi connectivity index (χ3v) is 8.20. The third kappa shape index (κ3) is 5.81. The Hall–Kier alpha value is -3.00. The van der Waals surface area contributed by atoms with Gasteiger partial charge in [-0.15, -0.1) is 0 Å². The van der Waals surface area contributed by atoms with Crippen LogP contribution >= 0.6 is 0 Å². The minimum atomic E-state index is -0.867. The summed E-state index contributed by atoms with van der Waals surface area (Å²) in [5.74, 6) is -1.94. The number of allylic oxidation sites excluding steroid dienone is 1. The molecule has 0 spiro atoms. The van der Waals surface area contributed by atoms with Crippen molar-refractivity contribution in [3.8, 4) is 5.75 Å². The average Bonchev–Trinajstić information content (AvgIpc) is 3.17. The molecule has 1 saturated heterocycles. The topological polar surface area (TPSA) is 107 Å². The number of methoxy groups -OCH3 is 1. The number of aliphatic hydroxyl groups excluding tert-OH is 2. The van der Waals surface area contributed by atoms with Crippen LogP contribution in [0.15, 0.2) is 53.1 Å². The number of fused-ring (bicyclic) bond motifs is 2. The molecule has 0 bridgehead atoms. The number of carbonyl (C=O) groups excluding carboxylic acids is 2. The third-order valence-electron chi connectivity index (χ3n) is 8.20. The molecule has 3 N–H and O–H groups in total. The van der Waals surface area contributed by atoms with Crippen molar-refractivity contribution in [2.24, 2.45) is 17.8 Å². The second-order valence-corrected chi connectivity index (χ2v) is 10.8. The van der Waals surface area contributed by atoms with Gasteiger partial charge in [0.1, 0.15) is 5.75 Å². The minimum Gasteiger partial charge on any atom is -0.507 e. The van der Waals surface area contributed by atoms with E-state index < -0.39 is 23.9 Å². The fourth-order valence-corrected chi connectivity index (χ4v) is 6.50. The fraction of sp³-hybridized carbons (Fsp3) is 0.500. The Morgan fingerprint density at radius 2 is 1.82 bits per heavy atom. The largest absolute Gasteiger partial charge is 0.507 e. The van der Waals surface area contributed by atoms with Crippen LogP contribution in [0.1, 0.15) is 57.9 Å². The normalized spacial score (nSPS) is 22.6. The molecule has 2 amide bonds. The van der Waals surface area contributed by atoms with E-state index in [1.54, 1.807) is 13.2 Å². The summed E-state index contributed by atoms with van der Waals surface area (Å²) in [6, 6.07) is 11.4. The summed E-state index contributed by atoms with van der Waals surface area (Å²) in [6.45, 7) is 4.36. The van der Waals surface area contributed by atoms with Gasteiger partial charge in [-0.25, -0.2) is 0 Å². The lowest BCUT2D eigenvalue weighted by Gasteiger charge is -2.36. The van der Waals surface area contributed by atoms with E-state index in [2.05, 4.69) is 13.0 Å². The van der Waals surface area contributed by atoms with Gasteiger partial charge < -0.3 is 20.1 Å². The van der Waals surface area contributed by atoms with Crippen molar-refractivity contribution in [2.75, 3.05) is 26.9 Å². The Balaban J connectivity index is 1.61. The van der Waals surface area contributed by atoms with Crippen molar-refractivity contribution in [3.05, 3.63) is 58.7 Å². The molecule has 0 unspecified atom stereocenters. The summed E-state index contributed by atoms with van der Waals surface area (Å²) in [6.07, 6.45) is 5.19. The van der Waals surface area contributed by atoms with Crippen molar-refractivity contribution in [1.29, 1.82) is 0 Å². The second kappa shape index (κ2) is 12.9. The van der Waals surface area contributed by atoms with Gasteiger partial charge in [0.25, 0.3) is 0 Å². The lowest BCUT2D eigenvalue weighted by Crippen LogP contribution is -2.39. The molecule has 210 valence electrons. The molecule has 1 aliphatic heterocycles. The van der Waals surface area contributed by atoms with Crippen LogP contribution in [0, 0.1) is 17.8 Å². The molecule has 4 atom stereocenters. The number of aliphatic hydroxyl groups is 2. The van der Waals surface area contributed by atoms with Gasteiger partial charge in [0.2, 0.25) is 11.8 Å². The number of rotatable bonds is 12. The molecule has 1 fully saturated rings. The first-order valence-electron chi connectivity index (χ1n) is 14.1. The number of imide groups is 1. The highest BCUT2D eigenvalue weighted by Crippen LogP contribution is 2.46. The molecule has 2 aromatic rings. The Kier molecular flexibility index (Phi) is 9.59. The Morgan fingerprint density at radius 1 is 1.08 bits per heavy atom. The molecule has 7 heteroatoms. The number of nitrogens with zero attached hydrogens (tertiary/aromatic N) is 1. The minimum absolute atomic E-state index is 0.179. The van der Waals surface area contributed by atoms with E-state index >= 15 is 0 Å². The molecule has 1 aliphatic carbocycles. The molecule has 7 nitrogen and oxygen atoms in total. The molecule has 4 rings (SSSR count). The van der Waals surface area contributed by atoms with Gasteiger partial charge in [-0.2, -0.15) is 0 Å².